The van der Waals surface area contributed by atoms with Crippen LogP contribution in [0.3, 0.4) is 0 Å². The molecule has 1 aliphatic rings. The molecule has 1 N–H and O–H groups in total. The molecule has 1 fully saturated rings. The molecule has 4 rings (SSSR count). The topological polar surface area (TPSA) is 67.2 Å². The van der Waals surface area contributed by atoms with Gasteiger partial charge in [0.25, 0.3) is 0 Å². The Bertz CT molecular complexity index is 1090. The van der Waals surface area contributed by atoms with E-state index < -0.39 is 5.92 Å². The Hall–Kier alpha value is -3.06. The molecule has 30 heavy (non-hydrogen) atoms. The number of aryl methyl sites for hydroxylation is 1. The zero-order chi connectivity index (χ0) is 21.3. The molecule has 6 nitrogen and oxygen atoms in total. The number of benzene rings is 2. The first-order valence-corrected chi connectivity index (χ1v) is 11.1. The molecule has 7 heteroatoms. The van der Waals surface area contributed by atoms with Gasteiger partial charge in [0.05, 0.1) is 28.7 Å². The van der Waals surface area contributed by atoms with Crippen molar-refractivity contribution in [3.63, 3.8) is 0 Å². The van der Waals surface area contributed by atoms with Crippen molar-refractivity contribution >= 4 is 35.0 Å². The van der Waals surface area contributed by atoms with Gasteiger partial charge in [-0.15, -0.1) is 11.8 Å². The van der Waals surface area contributed by atoms with Crippen molar-refractivity contribution < 1.29 is 9.59 Å². The van der Waals surface area contributed by atoms with Gasteiger partial charge in [-0.05, 0) is 50.4 Å². The molecule has 0 spiro atoms. The summed E-state index contributed by atoms with van der Waals surface area (Å²) in [5.74, 6) is -0.568. The number of carbonyl (C=O) groups excluding carboxylic acids is 2. The minimum Gasteiger partial charge on any atom is -0.323 e. The van der Waals surface area contributed by atoms with E-state index in [4.69, 9.17) is 0 Å². The summed E-state index contributed by atoms with van der Waals surface area (Å²) in [6, 6.07) is 17.7. The Morgan fingerprint density at radius 3 is 2.57 bits per heavy atom. The second-order valence-corrected chi connectivity index (χ2v) is 8.27. The number of nitrogens with one attached hydrogen (secondary N) is 1. The number of carbonyl (C=O) groups is 2. The first-order chi connectivity index (χ1) is 14.5. The standard InChI is InChI=1S/C23H24N4O2S/c1-15-22(16(2)27(25-15)18-8-5-4-6-9-18)24-23(29)17-12-21(28)26(14-17)19-10-7-11-20(13-19)30-3/h4-11,13,17H,12,14H2,1-3H3,(H,24,29). The summed E-state index contributed by atoms with van der Waals surface area (Å²) in [5.41, 5.74) is 4.10. The molecule has 0 bridgehead atoms. The van der Waals surface area contributed by atoms with Gasteiger partial charge in [-0.25, -0.2) is 4.68 Å². The molecule has 3 aromatic rings. The minimum absolute atomic E-state index is 0.0261. The van der Waals surface area contributed by atoms with E-state index in [9.17, 15) is 9.59 Å². The Morgan fingerprint density at radius 2 is 1.83 bits per heavy atom. The third-order valence-corrected chi connectivity index (χ3v) is 6.13. The number of amides is 2. The molecule has 2 amide bonds. The lowest BCUT2D eigenvalue weighted by molar-refractivity contribution is -0.122. The minimum atomic E-state index is -0.394. The normalized spacial score (nSPS) is 16.2. The quantitative estimate of drug-likeness (QED) is 0.628. The Labute approximate surface area is 180 Å². The highest BCUT2D eigenvalue weighted by atomic mass is 32.2. The van der Waals surface area contributed by atoms with Gasteiger partial charge in [0.15, 0.2) is 0 Å². The van der Waals surface area contributed by atoms with Crippen LogP contribution < -0.4 is 10.2 Å². The van der Waals surface area contributed by atoms with Crippen LogP contribution in [0.5, 0.6) is 0 Å². The number of hydrogen-bond acceptors (Lipinski definition) is 4. The molecular formula is C23H24N4O2S. The molecule has 154 valence electrons. The molecule has 1 saturated heterocycles. The summed E-state index contributed by atoms with van der Waals surface area (Å²) in [5, 5.41) is 7.60. The number of para-hydroxylation sites is 1. The largest absolute Gasteiger partial charge is 0.323 e. The highest BCUT2D eigenvalue weighted by Crippen LogP contribution is 2.30. The van der Waals surface area contributed by atoms with E-state index in [1.165, 1.54) is 0 Å². The predicted molar refractivity (Wildman–Crippen MR) is 120 cm³/mol. The fourth-order valence-corrected chi connectivity index (χ4v) is 4.23. The summed E-state index contributed by atoms with van der Waals surface area (Å²) in [4.78, 5) is 28.4. The molecule has 0 aliphatic carbocycles. The van der Waals surface area contributed by atoms with Crippen molar-refractivity contribution in [1.82, 2.24) is 9.78 Å². The molecule has 1 atom stereocenters. The van der Waals surface area contributed by atoms with E-state index in [1.54, 1.807) is 16.7 Å². The molecule has 2 aromatic carbocycles. The molecule has 0 saturated carbocycles. The first kappa shape index (κ1) is 20.2. The fourth-order valence-electron chi connectivity index (χ4n) is 3.78. The smallest absolute Gasteiger partial charge is 0.229 e. The summed E-state index contributed by atoms with van der Waals surface area (Å²) >= 11 is 1.63. The molecule has 1 unspecified atom stereocenters. The highest BCUT2D eigenvalue weighted by Gasteiger charge is 2.35. The van der Waals surface area contributed by atoms with Gasteiger partial charge < -0.3 is 10.2 Å². The third-order valence-electron chi connectivity index (χ3n) is 5.40. The van der Waals surface area contributed by atoms with E-state index in [-0.39, 0.29) is 18.2 Å². The monoisotopic (exact) mass is 420 g/mol. The number of anilines is 2. The number of aromatic nitrogens is 2. The zero-order valence-electron chi connectivity index (χ0n) is 17.3. The van der Waals surface area contributed by atoms with E-state index >= 15 is 0 Å². The van der Waals surface area contributed by atoms with E-state index in [2.05, 4.69) is 10.4 Å². The van der Waals surface area contributed by atoms with Gasteiger partial charge in [0, 0.05) is 23.5 Å². The second-order valence-electron chi connectivity index (χ2n) is 7.39. The predicted octanol–water partition coefficient (Wildman–Crippen LogP) is 4.20. The van der Waals surface area contributed by atoms with E-state index in [0.717, 1.165) is 27.7 Å². The van der Waals surface area contributed by atoms with Crippen molar-refractivity contribution in [2.45, 2.75) is 25.2 Å². The number of nitrogens with zero attached hydrogens (tertiary/aromatic N) is 3. The van der Waals surface area contributed by atoms with Gasteiger partial charge in [-0.2, -0.15) is 5.10 Å². The lowest BCUT2D eigenvalue weighted by Crippen LogP contribution is -2.28. The molecular weight excluding hydrogens is 396 g/mol. The van der Waals surface area contributed by atoms with Gasteiger partial charge in [0.1, 0.15) is 0 Å². The summed E-state index contributed by atoms with van der Waals surface area (Å²) in [6.07, 6.45) is 2.21. The van der Waals surface area contributed by atoms with Crippen LogP contribution in [0.2, 0.25) is 0 Å². The zero-order valence-corrected chi connectivity index (χ0v) is 18.1. The van der Waals surface area contributed by atoms with Gasteiger partial charge in [0.2, 0.25) is 11.8 Å². The van der Waals surface area contributed by atoms with Crippen LogP contribution in [0.15, 0.2) is 59.5 Å². The van der Waals surface area contributed by atoms with Crippen molar-refractivity contribution in [3.8, 4) is 5.69 Å². The van der Waals surface area contributed by atoms with Crippen molar-refractivity contribution in [2.24, 2.45) is 5.92 Å². The van der Waals surface area contributed by atoms with Crippen molar-refractivity contribution in [3.05, 3.63) is 66.0 Å². The maximum absolute atomic E-state index is 13.0. The Morgan fingerprint density at radius 1 is 1.10 bits per heavy atom. The van der Waals surface area contributed by atoms with E-state index in [1.807, 2.05) is 79.4 Å². The lowest BCUT2D eigenvalue weighted by atomic mass is 10.1. The maximum Gasteiger partial charge on any atom is 0.229 e. The molecule has 1 aliphatic heterocycles. The van der Waals surface area contributed by atoms with E-state index in [0.29, 0.717) is 12.2 Å². The van der Waals surface area contributed by atoms with Crippen LogP contribution in [0.25, 0.3) is 5.69 Å². The number of hydrogen-bond donors (Lipinski definition) is 1. The average Bonchev–Trinajstić information content (AvgIpc) is 3.29. The second kappa shape index (κ2) is 8.36. The van der Waals surface area contributed by atoms with Crippen molar-refractivity contribution in [1.29, 1.82) is 0 Å². The maximum atomic E-state index is 13.0. The number of rotatable bonds is 5. The Balaban J connectivity index is 1.51. The first-order valence-electron chi connectivity index (χ1n) is 9.85. The fraction of sp³-hybridized carbons (Fsp3) is 0.261. The summed E-state index contributed by atoms with van der Waals surface area (Å²) < 4.78 is 1.82. The van der Waals surface area contributed by atoms with Crippen LogP contribution >= 0.6 is 11.8 Å². The van der Waals surface area contributed by atoms with Crippen molar-refractivity contribution in [2.75, 3.05) is 23.0 Å². The number of thioether (sulfide) groups is 1. The molecule has 0 radical (unpaired) electrons. The molecule has 2 heterocycles. The van der Waals surface area contributed by atoms with Gasteiger partial charge >= 0.3 is 0 Å². The van der Waals surface area contributed by atoms with Crippen LogP contribution in [-0.4, -0.2) is 34.4 Å². The summed E-state index contributed by atoms with van der Waals surface area (Å²) in [6.45, 7) is 4.19. The van der Waals surface area contributed by atoms with Gasteiger partial charge in [-0.3, -0.25) is 9.59 Å². The lowest BCUT2D eigenvalue weighted by Gasteiger charge is -2.17. The van der Waals surface area contributed by atoms with Crippen LogP contribution in [0, 0.1) is 19.8 Å². The highest BCUT2D eigenvalue weighted by molar-refractivity contribution is 7.98. The third kappa shape index (κ3) is 3.85. The summed E-state index contributed by atoms with van der Waals surface area (Å²) in [7, 11) is 0. The Kier molecular flexibility index (Phi) is 5.63. The van der Waals surface area contributed by atoms with Crippen LogP contribution in [-0.2, 0) is 9.59 Å². The van der Waals surface area contributed by atoms with Crippen LogP contribution in [0.4, 0.5) is 11.4 Å². The van der Waals surface area contributed by atoms with Gasteiger partial charge in [-0.1, -0.05) is 24.3 Å². The average molecular weight is 421 g/mol. The van der Waals surface area contributed by atoms with Crippen LogP contribution in [0.1, 0.15) is 17.8 Å². The SMILES string of the molecule is CSc1cccc(N2CC(C(=O)Nc3c(C)nn(-c4ccccc4)c3C)CC2=O)c1. The molecule has 1 aromatic heterocycles.